The van der Waals surface area contributed by atoms with Crippen molar-refractivity contribution < 1.29 is 18.0 Å². The molecule has 0 fully saturated rings. The number of nitrogens with one attached hydrogen (secondary N) is 1. The number of amides is 1. The quantitative estimate of drug-likeness (QED) is 0.679. The molecule has 0 saturated carbocycles. The van der Waals surface area contributed by atoms with Crippen LogP contribution in [0.2, 0.25) is 0 Å². The van der Waals surface area contributed by atoms with Crippen LogP contribution in [-0.2, 0) is 6.18 Å². The minimum atomic E-state index is -4.46. The van der Waals surface area contributed by atoms with Gasteiger partial charge in [-0.05, 0) is 25.1 Å². The Morgan fingerprint density at radius 3 is 2.48 bits per heavy atom. The smallest absolute Gasteiger partial charge is 0.321 e. The summed E-state index contributed by atoms with van der Waals surface area (Å²) in [6, 6.07) is 13.9. The first-order chi connectivity index (χ1) is 11.8. The molecular weight excluding hydrogens is 349 g/mol. The molecule has 0 bridgehead atoms. The third kappa shape index (κ3) is 3.88. The molecule has 7 heteroatoms. The van der Waals surface area contributed by atoms with Gasteiger partial charge in [-0.25, -0.2) is 4.98 Å². The van der Waals surface area contributed by atoms with Gasteiger partial charge in [-0.3, -0.25) is 4.79 Å². The third-order valence-electron chi connectivity index (χ3n) is 3.47. The molecule has 0 aliphatic heterocycles. The zero-order chi connectivity index (χ0) is 18.0. The molecule has 0 radical (unpaired) electrons. The van der Waals surface area contributed by atoms with Crippen molar-refractivity contribution in [2.45, 2.75) is 13.1 Å². The SMILES string of the molecule is Cc1nc(-c2ccccc2)sc1C(=O)Nc1cccc(C(F)(F)F)c1. The summed E-state index contributed by atoms with van der Waals surface area (Å²) in [6.07, 6.45) is -4.46. The zero-order valence-corrected chi connectivity index (χ0v) is 13.9. The van der Waals surface area contributed by atoms with Crippen LogP contribution in [-0.4, -0.2) is 10.9 Å². The van der Waals surface area contributed by atoms with Crippen LogP contribution < -0.4 is 5.32 Å². The van der Waals surface area contributed by atoms with Crippen molar-refractivity contribution in [1.29, 1.82) is 0 Å². The van der Waals surface area contributed by atoms with E-state index in [0.717, 1.165) is 17.7 Å². The summed E-state index contributed by atoms with van der Waals surface area (Å²) < 4.78 is 38.3. The number of anilines is 1. The number of hydrogen-bond acceptors (Lipinski definition) is 3. The monoisotopic (exact) mass is 362 g/mol. The molecule has 25 heavy (non-hydrogen) atoms. The summed E-state index contributed by atoms with van der Waals surface area (Å²) in [5, 5.41) is 3.20. The largest absolute Gasteiger partial charge is 0.416 e. The number of aromatic nitrogens is 1. The highest BCUT2D eigenvalue weighted by Crippen LogP contribution is 2.31. The summed E-state index contributed by atoms with van der Waals surface area (Å²) in [5.41, 5.74) is 0.701. The third-order valence-corrected chi connectivity index (χ3v) is 4.68. The number of halogens is 3. The Kier molecular flexibility index (Phi) is 4.59. The van der Waals surface area contributed by atoms with Gasteiger partial charge < -0.3 is 5.32 Å². The second-order valence-corrected chi connectivity index (χ2v) is 6.33. The van der Waals surface area contributed by atoms with Crippen LogP contribution in [0.3, 0.4) is 0 Å². The van der Waals surface area contributed by atoms with Gasteiger partial charge >= 0.3 is 6.18 Å². The van der Waals surface area contributed by atoms with Crippen LogP contribution in [0, 0.1) is 6.92 Å². The summed E-state index contributed by atoms with van der Waals surface area (Å²) in [5.74, 6) is -0.475. The van der Waals surface area contributed by atoms with Gasteiger partial charge in [0.15, 0.2) is 0 Å². The number of benzene rings is 2. The molecule has 128 valence electrons. The number of thiazole rings is 1. The molecule has 3 aromatic rings. The molecule has 0 spiro atoms. The van der Waals surface area contributed by atoms with E-state index in [4.69, 9.17) is 0 Å². The van der Waals surface area contributed by atoms with Gasteiger partial charge in [0.2, 0.25) is 0 Å². The fourth-order valence-corrected chi connectivity index (χ4v) is 3.24. The Balaban J connectivity index is 1.84. The summed E-state index contributed by atoms with van der Waals surface area (Å²) in [4.78, 5) is 17.2. The molecule has 0 aliphatic carbocycles. The van der Waals surface area contributed by atoms with Crippen LogP contribution in [0.1, 0.15) is 20.9 Å². The van der Waals surface area contributed by atoms with E-state index in [9.17, 15) is 18.0 Å². The maximum atomic E-state index is 12.8. The molecule has 1 heterocycles. The fourth-order valence-electron chi connectivity index (χ4n) is 2.27. The van der Waals surface area contributed by atoms with Crippen molar-refractivity contribution >= 4 is 22.9 Å². The van der Waals surface area contributed by atoms with Gasteiger partial charge in [0.1, 0.15) is 9.88 Å². The lowest BCUT2D eigenvalue weighted by Gasteiger charge is -2.09. The normalized spacial score (nSPS) is 11.4. The molecule has 1 amide bonds. The van der Waals surface area contributed by atoms with Crippen molar-refractivity contribution in [1.82, 2.24) is 4.98 Å². The highest BCUT2D eigenvalue weighted by Gasteiger charge is 2.30. The Hall–Kier alpha value is -2.67. The Labute approximate surface area is 146 Å². The van der Waals surface area contributed by atoms with Gasteiger partial charge in [-0.2, -0.15) is 13.2 Å². The summed E-state index contributed by atoms with van der Waals surface area (Å²) in [7, 11) is 0. The first-order valence-electron chi connectivity index (χ1n) is 7.36. The molecule has 0 unspecified atom stereocenters. The second-order valence-electron chi connectivity index (χ2n) is 5.33. The van der Waals surface area contributed by atoms with Crippen LogP contribution in [0.15, 0.2) is 54.6 Å². The molecule has 2 aromatic carbocycles. The number of carbonyl (C=O) groups is 1. The van der Waals surface area contributed by atoms with Crippen molar-refractivity contribution in [2.75, 3.05) is 5.32 Å². The van der Waals surface area contributed by atoms with Crippen LogP contribution >= 0.6 is 11.3 Å². The van der Waals surface area contributed by atoms with Crippen molar-refractivity contribution in [3.05, 3.63) is 70.7 Å². The highest BCUT2D eigenvalue weighted by molar-refractivity contribution is 7.17. The van der Waals surface area contributed by atoms with Crippen LogP contribution in [0.4, 0.5) is 18.9 Å². The molecular formula is C18H13F3N2OS. The fraction of sp³-hybridized carbons (Fsp3) is 0.111. The number of nitrogens with zero attached hydrogens (tertiary/aromatic N) is 1. The van der Waals surface area contributed by atoms with E-state index >= 15 is 0 Å². The van der Waals surface area contributed by atoms with Crippen LogP contribution in [0.25, 0.3) is 10.6 Å². The van der Waals surface area contributed by atoms with Crippen molar-refractivity contribution in [3.63, 3.8) is 0 Å². The lowest BCUT2D eigenvalue weighted by atomic mass is 10.2. The molecule has 1 N–H and O–H groups in total. The lowest BCUT2D eigenvalue weighted by Crippen LogP contribution is -2.13. The lowest BCUT2D eigenvalue weighted by molar-refractivity contribution is -0.137. The van der Waals surface area contributed by atoms with Crippen molar-refractivity contribution in [3.8, 4) is 10.6 Å². The van der Waals surface area contributed by atoms with E-state index in [1.54, 1.807) is 6.92 Å². The van der Waals surface area contributed by atoms with E-state index in [-0.39, 0.29) is 5.69 Å². The van der Waals surface area contributed by atoms with Gasteiger partial charge in [-0.15, -0.1) is 11.3 Å². The maximum absolute atomic E-state index is 12.8. The first-order valence-corrected chi connectivity index (χ1v) is 8.18. The standard InChI is InChI=1S/C18H13F3N2OS/c1-11-15(25-17(22-11)12-6-3-2-4-7-12)16(24)23-14-9-5-8-13(10-14)18(19,20)21/h2-10H,1H3,(H,23,24). The maximum Gasteiger partial charge on any atom is 0.416 e. The molecule has 3 rings (SSSR count). The topological polar surface area (TPSA) is 42.0 Å². The van der Waals surface area contributed by atoms with Gasteiger partial charge in [0.25, 0.3) is 5.91 Å². The van der Waals surface area contributed by atoms with Gasteiger partial charge in [0, 0.05) is 11.3 Å². The average molecular weight is 362 g/mol. The molecule has 0 atom stereocenters. The van der Waals surface area contributed by atoms with Gasteiger partial charge in [0.05, 0.1) is 11.3 Å². The highest BCUT2D eigenvalue weighted by atomic mass is 32.1. The summed E-state index contributed by atoms with van der Waals surface area (Å²) in [6.45, 7) is 1.70. The minimum Gasteiger partial charge on any atom is -0.321 e. The second kappa shape index (κ2) is 6.68. The van der Waals surface area contributed by atoms with E-state index in [1.165, 1.54) is 23.5 Å². The van der Waals surface area contributed by atoms with E-state index < -0.39 is 17.6 Å². The number of rotatable bonds is 3. The number of aryl methyl sites for hydroxylation is 1. The zero-order valence-electron chi connectivity index (χ0n) is 13.1. The molecule has 1 aromatic heterocycles. The number of hydrogen-bond donors (Lipinski definition) is 1. The molecule has 0 aliphatic rings. The van der Waals surface area contributed by atoms with Gasteiger partial charge in [-0.1, -0.05) is 36.4 Å². The Bertz CT molecular complexity index is 904. The number of carbonyl (C=O) groups excluding carboxylic acids is 1. The average Bonchev–Trinajstić information content (AvgIpc) is 2.97. The summed E-state index contributed by atoms with van der Waals surface area (Å²) >= 11 is 1.20. The van der Waals surface area contributed by atoms with Crippen LogP contribution in [0.5, 0.6) is 0 Å². The van der Waals surface area contributed by atoms with E-state index in [2.05, 4.69) is 10.3 Å². The van der Waals surface area contributed by atoms with E-state index in [0.29, 0.717) is 15.6 Å². The Morgan fingerprint density at radius 2 is 1.80 bits per heavy atom. The molecule has 0 saturated heterocycles. The molecule has 3 nitrogen and oxygen atoms in total. The minimum absolute atomic E-state index is 0.0916. The number of alkyl halides is 3. The first kappa shape index (κ1) is 17.2. The predicted octanol–water partition coefficient (Wildman–Crippen LogP) is 5.39. The van der Waals surface area contributed by atoms with E-state index in [1.807, 2.05) is 30.3 Å². The predicted molar refractivity (Wildman–Crippen MR) is 91.7 cm³/mol. The van der Waals surface area contributed by atoms with Crippen molar-refractivity contribution in [2.24, 2.45) is 0 Å². The Morgan fingerprint density at radius 1 is 1.08 bits per heavy atom.